The van der Waals surface area contributed by atoms with E-state index in [1.807, 2.05) is 0 Å². The summed E-state index contributed by atoms with van der Waals surface area (Å²) in [6.07, 6.45) is -0.952. The number of halogens is 1. The molecule has 20 heavy (non-hydrogen) atoms. The Balaban J connectivity index is 2.29. The summed E-state index contributed by atoms with van der Waals surface area (Å²) in [5.74, 6) is 0.526. The van der Waals surface area contributed by atoms with Crippen LogP contribution in [-0.4, -0.2) is 51.4 Å². The van der Waals surface area contributed by atoms with Crippen molar-refractivity contribution in [1.82, 2.24) is 0 Å². The minimum Gasteiger partial charge on any atom is -0.495 e. The second kappa shape index (κ2) is 5.67. The molecule has 0 amide bonds. The monoisotopic (exact) mass is 321 g/mol. The summed E-state index contributed by atoms with van der Waals surface area (Å²) in [4.78, 5) is 0. The van der Waals surface area contributed by atoms with E-state index in [0.717, 1.165) is 0 Å². The Morgan fingerprint density at radius 1 is 1.25 bits per heavy atom. The minimum atomic E-state index is -3.22. The lowest BCUT2D eigenvalue weighted by Gasteiger charge is -2.19. The van der Waals surface area contributed by atoms with Crippen molar-refractivity contribution < 1.29 is 23.0 Å². The van der Waals surface area contributed by atoms with Crippen molar-refractivity contribution >= 4 is 27.1 Å². The molecule has 2 rings (SSSR count). The van der Waals surface area contributed by atoms with Crippen LogP contribution < -0.4 is 14.8 Å². The second-order valence-electron chi connectivity index (χ2n) is 4.58. The number of aliphatic hydroxyl groups excluding tert-OH is 1. The van der Waals surface area contributed by atoms with E-state index in [4.69, 9.17) is 21.1 Å². The maximum atomic E-state index is 11.5. The fraction of sp³-hybridized carbons (Fsp3) is 0.500. The molecule has 2 N–H and O–H groups in total. The van der Waals surface area contributed by atoms with Gasteiger partial charge in [0, 0.05) is 12.1 Å². The highest BCUT2D eigenvalue weighted by molar-refractivity contribution is 7.91. The topological polar surface area (TPSA) is 84.9 Å². The Hall–Kier alpha value is -1.18. The van der Waals surface area contributed by atoms with Crippen molar-refractivity contribution in [3.63, 3.8) is 0 Å². The zero-order chi connectivity index (χ0) is 14.9. The number of nitrogens with one attached hydrogen (secondary N) is 1. The van der Waals surface area contributed by atoms with Gasteiger partial charge < -0.3 is 19.9 Å². The smallest absolute Gasteiger partial charge is 0.155 e. The molecular formula is C12H16ClNO5S. The average molecular weight is 322 g/mol. The largest absolute Gasteiger partial charge is 0.495 e. The van der Waals surface area contributed by atoms with E-state index in [0.29, 0.717) is 22.2 Å². The molecule has 1 aromatic carbocycles. The van der Waals surface area contributed by atoms with Gasteiger partial charge in [0.15, 0.2) is 9.84 Å². The highest BCUT2D eigenvalue weighted by atomic mass is 35.5. The number of benzene rings is 1. The molecule has 1 aromatic rings. The van der Waals surface area contributed by atoms with Gasteiger partial charge in [-0.1, -0.05) is 11.6 Å². The van der Waals surface area contributed by atoms with Crippen molar-refractivity contribution in [2.75, 3.05) is 31.0 Å². The molecule has 1 heterocycles. The molecule has 0 spiro atoms. The molecule has 2 unspecified atom stereocenters. The number of sulfone groups is 1. The van der Waals surface area contributed by atoms with Gasteiger partial charge in [0.1, 0.15) is 11.5 Å². The fourth-order valence-corrected chi connectivity index (χ4v) is 4.11. The highest BCUT2D eigenvalue weighted by Gasteiger charge is 2.36. The van der Waals surface area contributed by atoms with Crippen LogP contribution in [0.3, 0.4) is 0 Å². The van der Waals surface area contributed by atoms with Crippen molar-refractivity contribution in [1.29, 1.82) is 0 Å². The van der Waals surface area contributed by atoms with Gasteiger partial charge in [0.05, 0.1) is 48.6 Å². The normalized spacial score (nSPS) is 24.4. The van der Waals surface area contributed by atoms with Gasteiger partial charge in [-0.15, -0.1) is 0 Å². The maximum Gasteiger partial charge on any atom is 0.155 e. The average Bonchev–Trinajstić information content (AvgIpc) is 2.63. The molecular weight excluding hydrogens is 306 g/mol. The molecule has 1 saturated heterocycles. The number of ether oxygens (including phenoxy) is 2. The number of rotatable bonds is 4. The first-order valence-corrected chi connectivity index (χ1v) is 8.13. The van der Waals surface area contributed by atoms with Gasteiger partial charge >= 0.3 is 0 Å². The number of methoxy groups -OCH3 is 2. The number of aliphatic hydroxyl groups is 1. The third kappa shape index (κ3) is 3.11. The van der Waals surface area contributed by atoms with Gasteiger partial charge in [0.25, 0.3) is 0 Å². The Morgan fingerprint density at radius 3 is 2.40 bits per heavy atom. The van der Waals surface area contributed by atoms with Crippen LogP contribution in [0.2, 0.25) is 5.02 Å². The lowest BCUT2D eigenvalue weighted by atomic mass is 10.2. The van der Waals surface area contributed by atoms with Crippen LogP contribution in [-0.2, 0) is 9.84 Å². The summed E-state index contributed by atoms with van der Waals surface area (Å²) in [6.45, 7) is 0. The molecule has 0 radical (unpaired) electrons. The van der Waals surface area contributed by atoms with Gasteiger partial charge in [-0.25, -0.2) is 8.42 Å². The number of hydrogen-bond acceptors (Lipinski definition) is 6. The van der Waals surface area contributed by atoms with E-state index in [9.17, 15) is 13.5 Å². The Morgan fingerprint density at radius 2 is 1.90 bits per heavy atom. The summed E-state index contributed by atoms with van der Waals surface area (Å²) in [6, 6.07) is 2.59. The van der Waals surface area contributed by atoms with Crippen molar-refractivity contribution in [3.8, 4) is 11.5 Å². The van der Waals surface area contributed by atoms with Crippen molar-refractivity contribution in [3.05, 3.63) is 17.2 Å². The molecule has 112 valence electrons. The SMILES string of the molecule is COc1cc(NC2CS(=O)(=O)CC2O)c(OC)cc1Cl. The lowest BCUT2D eigenvalue weighted by molar-refractivity contribution is 0.190. The molecule has 2 atom stereocenters. The number of anilines is 1. The van der Waals surface area contributed by atoms with Gasteiger partial charge in [0.2, 0.25) is 0 Å². The second-order valence-corrected chi connectivity index (χ2v) is 7.14. The van der Waals surface area contributed by atoms with Crippen LogP contribution in [0.25, 0.3) is 0 Å². The Bertz CT molecular complexity index is 604. The Kier molecular flexibility index (Phi) is 4.31. The van der Waals surface area contributed by atoms with E-state index < -0.39 is 22.0 Å². The van der Waals surface area contributed by atoms with Crippen LogP contribution >= 0.6 is 11.6 Å². The molecule has 1 aliphatic rings. The maximum absolute atomic E-state index is 11.5. The van der Waals surface area contributed by atoms with Crippen molar-refractivity contribution in [2.24, 2.45) is 0 Å². The molecule has 0 bridgehead atoms. The predicted octanol–water partition coefficient (Wildman–Crippen LogP) is 0.927. The summed E-state index contributed by atoms with van der Waals surface area (Å²) >= 11 is 5.99. The third-order valence-corrected chi connectivity index (χ3v) is 5.15. The van der Waals surface area contributed by atoms with Crippen LogP contribution in [0.15, 0.2) is 12.1 Å². The van der Waals surface area contributed by atoms with E-state index >= 15 is 0 Å². The lowest BCUT2D eigenvalue weighted by Crippen LogP contribution is -2.32. The van der Waals surface area contributed by atoms with E-state index in [2.05, 4.69) is 5.32 Å². The third-order valence-electron chi connectivity index (χ3n) is 3.14. The summed E-state index contributed by atoms with van der Waals surface area (Å²) in [5, 5.41) is 13.1. The molecule has 0 aliphatic carbocycles. The molecule has 8 heteroatoms. The first-order chi connectivity index (χ1) is 9.36. The zero-order valence-corrected chi connectivity index (χ0v) is 12.7. The quantitative estimate of drug-likeness (QED) is 0.858. The first kappa shape index (κ1) is 15.2. The van der Waals surface area contributed by atoms with Crippen LogP contribution in [0.5, 0.6) is 11.5 Å². The molecule has 0 aromatic heterocycles. The van der Waals surface area contributed by atoms with Crippen LogP contribution in [0.1, 0.15) is 0 Å². The van der Waals surface area contributed by atoms with Crippen molar-refractivity contribution in [2.45, 2.75) is 12.1 Å². The van der Waals surface area contributed by atoms with Gasteiger partial charge in [-0.2, -0.15) is 0 Å². The van der Waals surface area contributed by atoms with Crippen LogP contribution in [0.4, 0.5) is 5.69 Å². The van der Waals surface area contributed by atoms with E-state index in [-0.39, 0.29) is 11.5 Å². The van der Waals surface area contributed by atoms with Gasteiger partial charge in [-0.3, -0.25) is 0 Å². The highest BCUT2D eigenvalue weighted by Crippen LogP contribution is 2.36. The minimum absolute atomic E-state index is 0.123. The molecule has 1 aliphatic heterocycles. The summed E-state index contributed by atoms with van der Waals surface area (Å²) < 4.78 is 33.3. The molecule has 0 saturated carbocycles. The summed E-state index contributed by atoms with van der Waals surface area (Å²) in [7, 11) is -0.263. The predicted molar refractivity (Wildman–Crippen MR) is 76.6 cm³/mol. The van der Waals surface area contributed by atoms with E-state index in [1.54, 1.807) is 12.1 Å². The first-order valence-electron chi connectivity index (χ1n) is 5.93. The number of hydrogen-bond donors (Lipinski definition) is 2. The van der Waals surface area contributed by atoms with Gasteiger partial charge in [-0.05, 0) is 0 Å². The molecule has 6 nitrogen and oxygen atoms in total. The van der Waals surface area contributed by atoms with Crippen LogP contribution in [0, 0.1) is 0 Å². The zero-order valence-electron chi connectivity index (χ0n) is 11.1. The fourth-order valence-electron chi connectivity index (χ4n) is 2.14. The Labute approximate surface area is 122 Å². The standard InChI is InChI=1S/C12H16ClNO5S/c1-18-11-4-8(12(19-2)3-7(11)13)14-9-5-20(16,17)6-10(9)15/h3-4,9-10,14-15H,5-6H2,1-2H3. The van der Waals surface area contributed by atoms with E-state index in [1.165, 1.54) is 14.2 Å². The molecule has 1 fully saturated rings. The summed E-state index contributed by atoms with van der Waals surface area (Å²) in [5.41, 5.74) is 0.523.